The average molecular weight is 499 g/mol. The number of para-hydroxylation sites is 1. The van der Waals surface area contributed by atoms with E-state index in [0.29, 0.717) is 22.7 Å². The number of carbonyl (C=O) groups excluding carboxylic acids is 1. The molecule has 1 N–H and O–H groups in total. The molecule has 0 aliphatic heterocycles. The van der Waals surface area contributed by atoms with Crippen molar-refractivity contribution in [2.75, 3.05) is 6.61 Å². The van der Waals surface area contributed by atoms with Crippen molar-refractivity contribution in [1.29, 1.82) is 0 Å². The van der Waals surface area contributed by atoms with Gasteiger partial charge in [-0.1, -0.05) is 63.9 Å². The van der Waals surface area contributed by atoms with Crippen LogP contribution in [0.25, 0.3) is 10.9 Å². The van der Waals surface area contributed by atoms with Crippen LogP contribution in [-0.2, 0) is 11.3 Å². The minimum absolute atomic E-state index is 0.0912. The maximum atomic E-state index is 12.1. The lowest BCUT2D eigenvalue weighted by atomic mass is 10.2. The molecule has 6 nitrogen and oxygen atoms in total. The molecular formula is C23H17BrClN3O3. The average Bonchev–Trinajstić information content (AvgIpc) is 3.04. The Labute approximate surface area is 191 Å². The van der Waals surface area contributed by atoms with Gasteiger partial charge in [0.1, 0.15) is 5.75 Å². The normalized spacial score (nSPS) is 11.3. The molecule has 0 fully saturated rings. The quantitative estimate of drug-likeness (QED) is 0.308. The molecule has 156 valence electrons. The summed E-state index contributed by atoms with van der Waals surface area (Å²) >= 11 is 9.62. The molecular weight excluding hydrogens is 482 g/mol. The second-order valence-electron chi connectivity index (χ2n) is 6.70. The van der Waals surface area contributed by atoms with Gasteiger partial charge in [0, 0.05) is 14.9 Å². The number of fused-ring (bicyclic) bond motifs is 1. The second kappa shape index (κ2) is 9.32. The Kier molecular flexibility index (Phi) is 6.34. The molecule has 1 heterocycles. The fraction of sp³-hybridized carbons (Fsp3) is 0.0870. The molecule has 0 aliphatic carbocycles. The molecule has 0 aliphatic rings. The minimum Gasteiger partial charge on any atom is -0.493 e. The zero-order valence-electron chi connectivity index (χ0n) is 16.2. The molecule has 3 aromatic carbocycles. The van der Waals surface area contributed by atoms with Crippen molar-refractivity contribution in [3.63, 3.8) is 0 Å². The van der Waals surface area contributed by atoms with E-state index >= 15 is 0 Å². The zero-order valence-corrected chi connectivity index (χ0v) is 18.5. The summed E-state index contributed by atoms with van der Waals surface area (Å²) in [5.74, 6) is -0.109. The van der Waals surface area contributed by atoms with E-state index in [0.717, 1.165) is 15.6 Å². The molecule has 4 aromatic rings. The third kappa shape index (κ3) is 4.78. The number of aromatic nitrogens is 1. The van der Waals surface area contributed by atoms with E-state index in [9.17, 15) is 9.90 Å². The van der Waals surface area contributed by atoms with Gasteiger partial charge in [0.25, 0.3) is 0 Å². The van der Waals surface area contributed by atoms with Crippen molar-refractivity contribution in [2.45, 2.75) is 6.54 Å². The highest BCUT2D eigenvalue weighted by molar-refractivity contribution is 9.10. The van der Waals surface area contributed by atoms with Crippen LogP contribution in [0.5, 0.6) is 11.6 Å². The van der Waals surface area contributed by atoms with E-state index in [1.807, 2.05) is 54.6 Å². The standard InChI is InChI=1S/C23H17BrClN3O3/c24-16-9-11-17(12-10-16)31-14-21(29)26-27-22-18-6-2-4-8-20(18)28(23(22)30)13-15-5-1-3-7-19(15)25/h1-12,30H,13-14H2. The van der Waals surface area contributed by atoms with Crippen LogP contribution in [-0.4, -0.2) is 22.2 Å². The number of amides is 1. The molecule has 0 atom stereocenters. The first-order valence-electron chi connectivity index (χ1n) is 9.39. The maximum Gasteiger partial charge on any atom is 0.302 e. The number of hydrogen-bond acceptors (Lipinski definition) is 4. The van der Waals surface area contributed by atoms with E-state index < -0.39 is 5.91 Å². The summed E-state index contributed by atoms with van der Waals surface area (Å²) in [6.45, 7) is 0.0896. The number of benzene rings is 3. The SMILES string of the molecule is O=C(COc1ccc(Br)cc1)N=Nc1c(O)n(Cc2ccccc2Cl)c2ccccc12. The van der Waals surface area contributed by atoms with Crippen molar-refractivity contribution in [3.05, 3.63) is 87.9 Å². The molecule has 0 bridgehead atoms. The fourth-order valence-electron chi connectivity index (χ4n) is 3.14. The Morgan fingerprint density at radius 3 is 2.52 bits per heavy atom. The van der Waals surface area contributed by atoms with Crippen molar-refractivity contribution in [2.24, 2.45) is 10.2 Å². The van der Waals surface area contributed by atoms with E-state index in [1.165, 1.54) is 0 Å². The Bertz CT molecular complexity index is 1270. The van der Waals surface area contributed by atoms with E-state index in [4.69, 9.17) is 16.3 Å². The van der Waals surface area contributed by atoms with Crippen LogP contribution in [0.4, 0.5) is 5.69 Å². The second-order valence-corrected chi connectivity index (χ2v) is 8.03. The number of hydrogen-bond donors (Lipinski definition) is 1. The predicted octanol–water partition coefficient (Wildman–Crippen LogP) is 6.50. The smallest absolute Gasteiger partial charge is 0.302 e. The number of aromatic hydroxyl groups is 1. The first-order chi connectivity index (χ1) is 15.0. The highest BCUT2D eigenvalue weighted by Crippen LogP contribution is 2.39. The van der Waals surface area contributed by atoms with Gasteiger partial charge >= 0.3 is 5.91 Å². The lowest BCUT2D eigenvalue weighted by Crippen LogP contribution is -2.07. The van der Waals surface area contributed by atoms with Gasteiger partial charge in [-0.2, -0.15) is 0 Å². The van der Waals surface area contributed by atoms with Crippen molar-refractivity contribution < 1.29 is 14.6 Å². The van der Waals surface area contributed by atoms with Crippen LogP contribution in [0.1, 0.15) is 5.56 Å². The summed E-state index contributed by atoms with van der Waals surface area (Å²) in [6.07, 6.45) is 0. The summed E-state index contributed by atoms with van der Waals surface area (Å²) in [4.78, 5) is 12.1. The maximum absolute atomic E-state index is 12.1. The number of nitrogens with zero attached hydrogens (tertiary/aromatic N) is 3. The molecule has 0 saturated heterocycles. The lowest BCUT2D eigenvalue weighted by molar-refractivity contribution is -0.120. The topological polar surface area (TPSA) is 76.2 Å². The highest BCUT2D eigenvalue weighted by atomic mass is 79.9. The predicted molar refractivity (Wildman–Crippen MR) is 123 cm³/mol. The van der Waals surface area contributed by atoms with E-state index in [-0.39, 0.29) is 18.2 Å². The molecule has 0 radical (unpaired) electrons. The van der Waals surface area contributed by atoms with Crippen LogP contribution >= 0.6 is 27.5 Å². The van der Waals surface area contributed by atoms with Crippen LogP contribution in [0.2, 0.25) is 5.02 Å². The third-order valence-electron chi connectivity index (χ3n) is 4.64. The third-order valence-corrected chi connectivity index (χ3v) is 5.54. The largest absolute Gasteiger partial charge is 0.493 e. The van der Waals surface area contributed by atoms with Gasteiger partial charge in [0.2, 0.25) is 5.88 Å². The van der Waals surface area contributed by atoms with E-state index in [1.54, 1.807) is 22.8 Å². The highest BCUT2D eigenvalue weighted by Gasteiger charge is 2.17. The summed E-state index contributed by atoms with van der Waals surface area (Å²) in [6, 6.07) is 21.9. The van der Waals surface area contributed by atoms with E-state index in [2.05, 4.69) is 26.2 Å². The number of azo groups is 1. The van der Waals surface area contributed by atoms with Gasteiger partial charge < -0.3 is 14.4 Å². The van der Waals surface area contributed by atoms with Crippen molar-refractivity contribution >= 4 is 50.0 Å². The fourth-order valence-corrected chi connectivity index (χ4v) is 3.60. The van der Waals surface area contributed by atoms with Crippen LogP contribution < -0.4 is 4.74 Å². The van der Waals surface area contributed by atoms with Gasteiger partial charge in [-0.3, -0.25) is 4.79 Å². The van der Waals surface area contributed by atoms with Crippen LogP contribution in [0.3, 0.4) is 0 Å². The zero-order chi connectivity index (χ0) is 21.8. The number of ether oxygens (including phenoxy) is 1. The molecule has 0 saturated carbocycles. The summed E-state index contributed by atoms with van der Waals surface area (Å²) < 4.78 is 8.02. The molecule has 4 rings (SSSR count). The van der Waals surface area contributed by atoms with Crippen LogP contribution in [0, 0.1) is 0 Å². The van der Waals surface area contributed by atoms with Gasteiger partial charge in [0.05, 0.1) is 12.1 Å². The Hall–Kier alpha value is -3.16. The number of rotatable bonds is 6. The Morgan fingerprint density at radius 2 is 1.74 bits per heavy atom. The molecule has 8 heteroatoms. The Morgan fingerprint density at radius 1 is 1.03 bits per heavy atom. The first kappa shape index (κ1) is 21.1. The molecule has 1 amide bonds. The summed E-state index contributed by atoms with van der Waals surface area (Å²) in [5.41, 5.74) is 1.83. The lowest BCUT2D eigenvalue weighted by Gasteiger charge is -2.08. The minimum atomic E-state index is -0.565. The molecule has 0 spiro atoms. The Balaban J connectivity index is 1.57. The van der Waals surface area contributed by atoms with Gasteiger partial charge in [-0.15, -0.1) is 10.2 Å². The summed E-state index contributed by atoms with van der Waals surface area (Å²) in [5, 5.41) is 19.9. The monoisotopic (exact) mass is 497 g/mol. The van der Waals surface area contributed by atoms with Crippen molar-refractivity contribution in [1.82, 2.24) is 4.57 Å². The first-order valence-corrected chi connectivity index (χ1v) is 10.6. The number of carbonyl (C=O) groups is 1. The summed E-state index contributed by atoms with van der Waals surface area (Å²) in [7, 11) is 0. The van der Waals surface area contributed by atoms with Gasteiger partial charge in [-0.05, 0) is 42.0 Å². The van der Waals surface area contributed by atoms with Crippen molar-refractivity contribution in [3.8, 4) is 11.6 Å². The van der Waals surface area contributed by atoms with Gasteiger partial charge in [0.15, 0.2) is 12.3 Å². The van der Waals surface area contributed by atoms with Gasteiger partial charge in [-0.25, -0.2) is 0 Å². The molecule has 31 heavy (non-hydrogen) atoms. The molecule has 0 unspecified atom stereocenters. The van der Waals surface area contributed by atoms with Crippen LogP contribution in [0.15, 0.2) is 87.5 Å². The molecule has 1 aromatic heterocycles. The number of halogens is 2.